The molecule has 0 aliphatic carbocycles. The van der Waals surface area contributed by atoms with Gasteiger partial charge in [-0.15, -0.1) is 0 Å². The summed E-state index contributed by atoms with van der Waals surface area (Å²) in [6.45, 7) is 2.49. The summed E-state index contributed by atoms with van der Waals surface area (Å²) in [7, 11) is 1.50. The third-order valence-electron chi connectivity index (χ3n) is 4.76. The summed E-state index contributed by atoms with van der Waals surface area (Å²) < 4.78 is 7.00. The van der Waals surface area contributed by atoms with Gasteiger partial charge in [-0.2, -0.15) is 5.10 Å². The summed E-state index contributed by atoms with van der Waals surface area (Å²) >= 11 is 3.31. The summed E-state index contributed by atoms with van der Waals surface area (Å²) in [5, 5.41) is 5.11. The van der Waals surface area contributed by atoms with Gasteiger partial charge in [0.1, 0.15) is 5.75 Å². The Kier molecular flexibility index (Phi) is 7.41. The quantitative estimate of drug-likeness (QED) is 0.393. The SMILES string of the molecule is CCCCCn1nc(C(=O)NNC(=O)c2cc(OC)ccc2Br)c2ccccc2c1=O. The Bertz CT molecular complexity index is 1180. The fraction of sp³-hybridized carbons (Fsp3) is 0.273. The number of ether oxygens (including phenoxy) is 1. The molecule has 2 N–H and O–H groups in total. The van der Waals surface area contributed by atoms with Crippen molar-refractivity contribution in [2.24, 2.45) is 0 Å². The van der Waals surface area contributed by atoms with Crippen molar-refractivity contribution in [1.29, 1.82) is 0 Å². The molecule has 0 fully saturated rings. The number of hydrazine groups is 1. The van der Waals surface area contributed by atoms with E-state index in [9.17, 15) is 14.4 Å². The van der Waals surface area contributed by atoms with Crippen molar-refractivity contribution < 1.29 is 14.3 Å². The van der Waals surface area contributed by atoms with Gasteiger partial charge in [0.25, 0.3) is 17.4 Å². The Balaban J connectivity index is 1.85. The number of halogens is 1. The van der Waals surface area contributed by atoms with E-state index in [1.54, 1.807) is 42.5 Å². The minimum atomic E-state index is -0.618. The van der Waals surface area contributed by atoms with Crippen LogP contribution in [0.2, 0.25) is 0 Å². The third-order valence-corrected chi connectivity index (χ3v) is 5.46. The predicted molar refractivity (Wildman–Crippen MR) is 121 cm³/mol. The maximum Gasteiger partial charge on any atom is 0.290 e. The molecule has 0 bridgehead atoms. The number of nitrogens with zero attached hydrogens (tertiary/aromatic N) is 2. The van der Waals surface area contributed by atoms with E-state index in [2.05, 4.69) is 38.8 Å². The zero-order valence-corrected chi connectivity index (χ0v) is 18.9. The number of methoxy groups -OCH3 is 1. The second-order valence-corrected chi connectivity index (χ2v) is 7.74. The second kappa shape index (κ2) is 10.2. The molecule has 0 saturated carbocycles. The predicted octanol–water partition coefficient (Wildman–Crippen LogP) is 3.43. The molecule has 1 heterocycles. The number of nitrogens with one attached hydrogen (secondary N) is 2. The highest BCUT2D eigenvalue weighted by molar-refractivity contribution is 9.10. The summed E-state index contributed by atoms with van der Waals surface area (Å²) in [6, 6.07) is 11.7. The lowest BCUT2D eigenvalue weighted by Crippen LogP contribution is -2.43. The van der Waals surface area contributed by atoms with E-state index in [0.717, 1.165) is 19.3 Å². The molecule has 1 aromatic heterocycles. The number of amides is 2. The normalized spacial score (nSPS) is 10.7. The average Bonchev–Trinajstić information content (AvgIpc) is 2.79. The van der Waals surface area contributed by atoms with Gasteiger partial charge in [0.05, 0.1) is 18.1 Å². The molecular formula is C22H23BrN4O4. The van der Waals surface area contributed by atoms with E-state index >= 15 is 0 Å². The zero-order chi connectivity index (χ0) is 22.4. The van der Waals surface area contributed by atoms with Crippen molar-refractivity contribution in [3.63, 3.8) is 0 Å². The largest absolute Gasteiger partial charge is 0.497 e. The lowest BCUT2D eigenvalue weighted by Gasteiger charge is -2.12. The maximum atomic E-state index is 12.9. The van der Waals surface area contributed by atoms with E-state index in [-0.39, 0.29) is 11.3 Å². The van der Waals surface area contributed by atoms with Crippen molar-refractivity contribution in [2.75, 3.05) is 7.11 Å². The van der Waals surface area contributed by atoms with Crippen LogP contribution in [0.1, 0.15) is 47.0 Å². The van der Waals surface area contributed by atoms with Gasteiger partial charge in [-0.1, -0.05) is 38.0 Å². The molecule has 31 heavy (non-hydrogen) atoms. The molecule has 0 unspecified atom stereocenters. The lowest BCUT2D eigenvalue weighted by molar-refractivity contribution is 0.0843. The summed E-state index contributed by atoms with van der Waals surface area (Å²) in [5.74, 6) is -0.640. The van der Waals surface area contributed by atoms with E-state index in [1.165, 1.54) is 11.8 Å². The van der Waals surface area contributed by atoms with Crippen LogP contribution in [0.3, 0.4) is 0 Å². The lowest BCUT2D eigenvalue weighted by atomic mass is 10.1. The van der Waals surface area contributed by atoms with Gasteiger partial charge in [-0.3, -0.25) is 25.2 Å². The number of unbranched alkanes of at least 4 members (excludes halogenated alkanes) is 2. The molecular weight excluding hydrogens is 464 g/mol. The first-order valence-corrected chi connectivity index (χ1v) is 10.7. The number of fused-ring (bicyclic) bond motifs is 1. The number of carbonyl (C=O) groups is 2. The first kappa shape index (κ1) is 22.5. The van der Waals surface area contributed by atoms with E-state index in [4.69, 9.17) is 4.74 Å². The highest BCUT2D eigenvalue weighted by atomic mass is 79.9. The number of hydrogen-bond donors (Lipinski definition) is 2. The van der Waals surface area contributed by atoms with Crippen molar-refractivity contribution in [3.8, 4) is 5.75 Å². The Morgan fingerprint density at radius 3 is 2.48 bits per heavy atom. The molecule has 2 amide bonds. The Hall–Kier alpha value is -3.20. The van der Waals surface area contributed by atoms with Crippen LogP contribution in [0.25, 0.3) is 10.8 Å². The van der Waals surface area contributed by atoms with Crippen molar-refractivity contribution in [1.82, 2.24) is 20.6 Å². The van der Waals surface area contributed by atoms with Crippen LogP contribution in [0, 0.1) is 0 Å². The monoisotopic (exact) mass is 486 g/mol. The number of benzene rings is 2. The van der Waals surface area contributed by atoms with E-state index in [1.807, 2.05) is 0 Å². The summed E-state index contributed by atoms with van der Waals surface area (Å²) in [5.41, 5.74) is 4.90. The minimum Gasteiger partial charge on any atom is -0.497 e. The van der Waals surface area contributed by atoms with Crippen LogP contribution in [-0.2, 0) is 6.54 Å². The number of carbonyl (C=O) groups excluding carboxylic acids is 2. The number of aromatic nitrogens is 2. The highest BCUT2D eigenvalue weighted by Crippen LogP contribution is 2.22. The third kappa shape index (κ3) is 5.11. The van der Waals surface area contributed by atoms with Gasteiger partial charge in [0, 0.05) is 16.4 Å². The van der Waals surface area contributed by atoms with Crippen LogP contribution in [-0.4, -0.2) is 28.7 Å². The Morgan fingerprint density at radius 1 is 1.06 bits per heavy atom. The minimum absolute atomic E-state index is 0.0664. The van der Waals surface area contributed by atoms with Gasteiger partial charge in [0.2, 0.25) is 0 Å². The van der Waals surface area contributed by atoms with Crippen LogP contribution in [0.15, 0.2) is 51.7 Å². The smallest absolute Gasteiger partial charge is 0.290 e. The highest BCUT2D eigenvalue weighted by Gasteiger charge is 2.18. The van der Waals surface area contributed by atoms with Gasteiger partial charge >= 0.3 is 0 Å². The molecule has 0 saturated heterocycles. The number of aryl methyl sites for hydroxylation is 1. The molecule has 2 aromatic carbocycles. The molecule has 0 spiro atoms. The molecule has 0 aliphatic rings. The van der Waals surface area contributed by atoms with Crippen molar-refractivity contribution in [2.45, 2.75) is 32.7 Å². The van der Waals surface area contributed by atoms with Crippen molar-refractivity contribution in [3.05, 3.63) is 68.5 Å². The standard InChI is InChI=1S/C22H23BrN4O4/c1-3-4-7-12-27-22(30)16-9-6-5-8-15(16)19(26-27)21(29)25-24-20(28)17-13-14(31-2)10-11-18(17)23/h5-6,8-11,13H,3-4,7,12H2,1-2H3,(H,24,28)(H,25,29). The van der Waals surface area contributed by atoms with Gasteiger partial charge in [-0.25, -0.2) is 4.68 Å². The molecule has 0 aliphatic heterocycles. The molecule has 8 nitrogen and oxygen atoms in total. The van der Waals surface area contributed by atoms with Gasteiger partial charge in [0.15, 0.2) is 5.69 Å². The summed E-state index contributed by atoms with van der Waals surface area (Å²) in [4.78, 5) is 38.1. The second-order valence-electron chi connectivity index (χ2n) is 6.88. The van der Waals surface area contributed by atoms with Crippen LogP contribution < -0.4 is 21.1 Å². The molecule has 0 atom stereocenters. The molecule has 162 valence electrons. The van der Waals surface area contributed by atoms with Crippen LogP contribution in [0.5, 0.6) is 5.75 Å². The number of hydrogen-bond acceptors (Lipinski definition) is 5. The Labute approximate surface area is 187 Å². The topological polar surface area (TPSA) is 102 Å². The average molecular weight is 487 g/mol. The Morgan fingerprint density at radius 2 is 1.77 bits per heavy atom. The first-order valence-electron chi connectivity index (χ1n) is 9.90. The molecule has 3 aromatic rings. The first-order chi connectivity index (χ1) is 15.0. The zero-order valence-electron chi connectivity index (χ0n) is 17.3. The van der Waals surface area contributed by atoms with Gasteiger partial charge in [-0.05, 0) is 46.6 Å². The van der Waals surface area contributed by atoms with E-state index in [0.29, 0.717) is 33.1 Å². The van der Waals surface area contributed by atoms with Crippen LogP contribution in [0.4, 0.5) is 0 Å². The summed E-state index contributed by atoms with van der Waals surface area (Å²) in [6.07, 6.45) is 2.74. The van der Waals surface area contributed by atoms with Crippen molar-refractivity contribution >= 4 is 38.5 Å². The molecule has 9 heteroatoms. The molecule has 0 radical (unpaired) electrons. The molecule has 3 rings (SSSR count). The van der Waals surface area contributed by atoms with E-state index < -0.39 is 11.8 Å². The maximum absolute atomic E-state index is 12.9. The van der Waals surface area contributed by atoms with Crippen LogP contribution >= 0.6 is 15.9 Å². The fourth-order valence-electron chi connectivity index (χ4n) is 3.11. The fourth-order valence-corrected chi connectivity index (χ4v) is 3.54. The van der Waals surface area contributed by atoms with Gasteiger partial charge < -0.3 is 4.74 Å². The number of rotatable bonds is 7.